The molecule has 20 heavy (non-hydrogen) atoms. The molecule has 1 N–H and O–H groups in total. The highest BCUT2D eigenvalue weighted by molar-refractivity contribution is 7.17. The van der Waals surface area contributed by atoms with Gasteiger partial charge >= 0.3 is 0 Å². The van der Waals surface area contributed by atoms with Crippen molar-refractivity contribution in [2.45, 2.75) is 12.5 Å². The van der Waals surface area contributed by atoms with Crippen molar-refractivity contribution in [3.05, 3.63) is 65.0 Å². The number of aliphatic hydroxyl groups is 1. The first kappa shape index (κ1) is 13.2. The summed E-state index contributed by atoms with van der Waals surface area (Å²) >= 11 is 1.73. The number of ether oxygens (including phenoxy) is 1. The Bertz CT molecular complexity index is 700. The van der Waals surface area contributed by atoms with Gasteiger partial charge in [-0.1, -0.05) is 30.3 Å². The third kappa shape index (κ3) is 2.55. The molecule has 1 aromatic heterocycles. The fourth-order valence-electron chi connectivity index (χ4n) is 2.34. The van der Waals surface area contributed by atoms with Gasteiger partial charge in [-0.2, -0.15) is 0 Å². The lowest BCUT2D eigenvalue weighted by atomic mass is 10.0. The highest BCUT2D eigenvalue weighted by atomic mass is 32.1. The van der Waals surface area contributed by atoms with Gasteiger partial charge in [0, 0.05) is 11.1 Å². The van der Waals surface area contributed by atoms with Crippen LogP contribution in [0.2, 0.25) is 0 Å². The Morgan fingerprint density at radius 1 is 1.10 bits per heavy atom. The van der Waals surface area contributed by atoms with Crippen molar-refractivity contribution in [3.8, 4) is 5.75 Å². The van der Waals surface area contributed by atoms with Gasteiger partial charge in [-0.05, 0) is 40.1 Å². The van der Waals surface area contributed by atoms with Crippen LogP contribution >= 0.6 is 11.3 Å². The second kappa shape index (κ2) is 5.65. The van der Waals surface area contributed by atoms with E-state index in [4.69, 9.17) is 4.74 Å². The van der Waals surface area contributed by atoms with Gasteiger partial charge in [0.1, 0.15) is 5.75 Å². The fourth-order valence-corrected chi connectivity index (χ4v) is 3.32. The molecular formula is C17H16O2S. The molecule has 0 aliphatic rings. The minimum atomic E-state index is -0.487. The predicted molar refractivity (Wildman–Crippen MR) is 83.5 cm³/mol. The van der Waals surface area contributed by atoms with Crippen LogP contribution in [0.5, 0.6) is 5.75 Å². The van der Waals surface area contributed by atoms with E-state index < -0.39 is 6.10 Å². The molecule has 0 spiro atoms. The largest absolute Gasteiger partial charge is 0.497 e. The third-order valence-electron chi connectivity index (χ3n) is 3.48. The van der Waals surface area contributed by atoms with Gasteiger partial charge in [0.05, 0.1) is 13.2 Å². The van der Waals surface area contributed by atoms with E-state index in [9.17, 15) is 5.11 Å². The molecule has 1 atom stereocenters. The highest BCUT2D eigenvalue weighted by Crippen LogP contribution is 2.29. The molecule has 3 heteroatoms. The maximum absolute atomic E-state index is 10.4. The molecule has 0 bridgehead atoms. The van der Waals surface area contributed by atoms with Crippen LogP contribution in [0.15, 0.2) is 53.9 Å². The average molecular weight is 284 g/mol. The van der Waals surface area contributed by atoms with E-state index in [0.717, 1.165) is 11.3 Å². The number of hydrogen-bond donors (Lipinski definition) is 1. The number of rotatable bonds is 4. The van der Waals surface area contributed by atoms with E-state index >= 15 is 0 Å². The Balaban J connectivity index is 1.82. The lowest BCUT2D eigenvalue weighted by molar-refractivity contribution is 0.179. The van der Waals surface area contributed by atoms with E-state index in [0.29, 0.717) is 6.42 Å². The summed E-state index contributed by atoms with van der Waals surface area (Å²) in [4.78, 5) is 0. The molecule has 0 aliphatic heterocycles. The van der Waals surface area contributed by atoms with Gasteiger partial charge in [0.2, 0.25) is 0 Å². The van der Waals surface area contributed by atoms with Crippen molar-refractivity contribution >= 4 is 21.4 Å². The molecule has 1 heterocycles. The van der Waals surface area contributed by atoms with E-state index in [1.54, 1.807) is 18.4 Å². The minimum absolute atomic E-state index is 0.487. The van der Waals surface area contributed by atoms with Crippen LogP contribution in [0.1, 0.15) is 17.2 Å². The van der Waals surface area contributed by atoms with Crippen LogP contribution in [0, 0.1) is 0 Å². The van der Waals surface area contributed by atoms with Crippen molar-refractivity contribution < 1.29 is 9.84 Å². The molecule has 3 rings (SSSR count). The van der Waals surface area contributed by atoms with Gasteiger partial charge in [-0.25, -0.2) is 0 Å². The standard InChI is InChI=1S/C17H16O2S/c1-19-14-8-6-12(7-9-14)16(18)10-13-11-20-17-5-3-2-4-15(13)17/h2-9,11,16,18H,10H2,1H3. The fraction of sp³-hybridized carbons (Fsp3) is 0.176. The lowest BCUT2D eigenvalue weighted by Crippen LogP contribution is -2.01. The smallest absolute Gasteiger partial charge is 0.118 e. The molecule has 1 unspecified atom stereocenters. The van der Waals surface area contributed by atoms with Crippen LogP contribution in [0.4, 0.5) is 0 Å². The van der Waals surface area contributed by atoms with E-state index in [-0.39, 0.29) is 0 Å². The van der Waals surface area contributed by atoms with Crippen molar-refractivity contribution in [2.75, 3.05) is 7.11 Å². The zero-order valence-corrected chi connectivity index (χ0v) is 12.1. The third-order valence-corrected chi connectivity index (χ3v) is 4.49. The first-order valence-electron chi connectivity index (χ1n) is 6.55. The molecule has 0 aliphatic carbocycles. The second-order valence-electron chi connectivity index (χ2n) is 4.75. The molecule has 2 nitrogen and oxygen atoms in total. The summed E-state index contributed by atoms with van der Waals surface area (Å²) in [6.45, 7) is 0. The van der Waals surface area contributed by atoms with Crippen LogP contribution < -0.4 is 4.74 Å². The van der Waals surface area contributed by atoms with E-state index in [2.05, 4.69) is 17.5 Å². The maximum Gasteiger partial charge on any atom is 0.118 e. The van der Waals surface area contributed by atoms with Crippen molar-refractivity contribution in [1.82, 2.24) is 0 Å². The Hall–Kier alpha value is -1.84. The number of fused-ring (bicyclic) bond motifs is 1. The number of benzene rings is 2. The summed E-state index contributed by atoms with van der Waals surface area (Å²) in [6, 6.07) is 15.9. The average Bonchev–Trinajstić information content (AvgIpc) is 2.91. The van der Waals surface area contributed by atoms with Crippen molar-refractivity contribution in [3.63, 3.8) is 0 Å². The summed E-state index contributed by atoms with van der Waals surface area (Å²) in [7, 11) is 1.64. The number of hydrogen-bond acceptors (Lipinski definition) is 3. The quantitative estimate of drug-likeness (QED) is 0.778. The molecule has 0 saturated carbocycles. The predicted octanol–water partition coefficient (Wildman–Crippen LogP) is 4.19. The van der Waals surface area contributed by atoms with Gasteiger partial charge < -0.3 is 9.84 Å². The zero-order chi connectivity index (χ0) is 13.9. The molecule has 3 aromatic rings. The van der Waals surface area contributed by atoms with Crippen LogP contribution in [0.3, 0.4) is 0 Å². The Kier molecular flexibility index (Phi) is 3.72. The molecule has 102 valence electrons. The molecule has 0 fully saturated rings. The maximum atomic E-state index is 10.4. The summed E-state index contributed by atoms with van der Waals surface area (Å²) < 4.78 is 6.40. The summed E-state index contributed by atoms with van der Waals surface area (Å²) in [5.74, 6) is 0.807. The van der Waals surface area contributed by atoms with Crippen LogP contribution in [0.25, 0.3) is 10.1 Å². The lowest BCUT2D eigenvalue weighted by Gasteiger charge is -2.11. The van der Waals surface area contributed by atoms with E-state index in [1.165, 1.54) is 15.6 Å². The summed E-state index contributed by atoms with van der Waals surface area (Å²) in [5.41, 5.74) is 2.12. The monoisotopic (exact) mass is 284 g/mol. The molecular weight excluding hydrogens is 268 g/mol. The normalized spacial score (nSPS) is 12.5. The summed E-state index contributed by atoms with van der Waals surface area (Å²) in [6.07, 6.45) is 0.148. The Labute approximate surface area is 122 Å². The van der Waals surface area contributed by atoms with Gasteiger partial charge in [-0.3, -0.25) is 0 Å². The molecule has 0 amide bonds. The molecule has 2 aromatic carbocycles. The summed E-state index contributed by atoms with van der Waals surface area (Å²) in [5, 5.41) is 13.8. The first-order chi connectivity index (χ1) is 9.78. The number of methoxy groups -OCH3 is 1. The van der Waals surface area contributed by atoms with E-state index in [1.807, 2.05) is 36.4 Å². The first-order valence-corrected chi connectivity index (χ1v) is 7.43. The minimum Gasteiger partial charge on any atom is -0.497 e. The topological polar surface area (TPSA) is 29.5 Å². The van der Waals surface area contributed by atoms with Gasteiger partial charge in [0.15, 0.2) is 0 Å². The van der Waals surface area contributed by atoms with Crippen molar-refractivity contribution in [2.24, 2.45) is 0 Å². The second-order valence-corrected chi connectivity index (χ2v) is 5.66. The zero-order valence-electron chi connectivity index (χ0n) is 11.2. The van der Waals surface area contributed by atoms with Crippen LogP contribution in [-0.2, 0) is 6.42 Å². The number of thiophene rings is 1. The Morgan fingerprint density at radius 2 is 1.85 bits per heavy atom. The molecule has 0 radical (unpaired) electrons. The van der Waals surface area contributed by atoms with Gasteiger partial charge in [0.25, 0.3) is 0 Å². The SMILES string of the molecule is COc1ccc(C(O)Cc2csc3ccccc23)cc1. The van der Waals surface area contributed by atoms with Crippen molar-refractivity contribution in [1.29, 1.82) is 0 Å². The Morgan fingerprint density at radius 3 is 2.60 bits per heavy atom. The van der Waals surface area contributed by atoms with Gasteiger partial charge in [-0.15, -0.1) is 11.3 Å². The molecule has 0 saturated heterocycles. The highest BCUT2D eigenvalue weighted by Gasteiger charge is 2.12. The number of aliphatic hydroxyl groups excluding tert-OH is 1. The van der Waals surface area contributed by atoms with Crippen LogP contribution in [-0.4, -0.2) is 12.2 Å².